The molecular weight excluding hydrogens is 366 g/mol. The Morgan fingerprint density at radius 2 is 1.72 bits per heavy atom. The molecule has 0 spiro atoms. The van der Waals surface area contributed by atoms with Crippen LogP contribution in [0.25, 0.3) is 0 Å². The largest absolute Gasteiger partial charge is 0.338 e. The van der Waals surface area contributed by atoms with E-state index in [0.717, 1.165) is 22.4 Å². The molecule has 29 heavy (non-hydrogen) atoms. The molecule has 1 saturated heterocycles. The first-order valence-corrected chi connectivity index (χ1v) is 9.78. The molecule has 3 amide bonds. The number of benzene rings is 2. The first kappa shape index (κ1) is 20.6. The molecule has 0 saturated carbocycles. The Balaban J connectivity index is 1.56. The predicted molar refractivity (Wildman–Crippen MR) is 112 cm³/mol. The van der Waals surface area contributed by atoms with Gasteiger partial charge in [0, 0.05) is 32.2 Å². The monoisotopic (exact) mass is 393 g/mol. The molecule has 152 valence electrons. The summed E-state index contributed by atoms with van der Waals surface area (Å²) in [5.74, 6) is -0.862. The summed E-state index contributed by atoms with van der Waals surface area (Å²) in [5, 5.41) is 2.89. The Morgan fingerprint density at radius 3 is 2.38 bits per heavy atom. The van der Waals surface area contributed by atoms with Crippen LogP contribution < -0.4 is 5.32 Å². The maximum atomic E-state index is 12.8. The van der Waals surface area contributed by atoms with Gasteiger partial charge in [0.25, 0.3) is 0 Å². The van der Waals surface area contributed by atoms with Gasteiger partial charge in [-0.1, -0.05) is 48.5 Å². The third-order valence-corrected chi connectivity index (χ3v) is 5.28. The van der Waals surface area contributed by atoms with Crippen LogP contribution in [0.2, 0.25) is 0 Å². The Labute approximate surface area is 171 Å². The van der Waals surface area contributed by atoms with Gasteiger partial charge in [-0.2, -0.15) is 0 Å². The van der Waals surface area contributed by atoms with E-state index in [4.69, 9.17) is 0 Å². The van der Waals surface area contributed by atoms with E-state index in [0.29, 0.717) is 13.1 Å². The molecule has 0 aromatic heterocycles. The molecule has 1 heterocycles. The van der Waals surface area contributed by atoms with Crippen LogP contribution in [-0.4, -0.2) is 47.7 Å². The zero-order valence-corrected chi connectivity index (χ0v) is 17.1. The lowest BCUT2D eigenvalue weighted by Crippen LogP contribution is -2.39. The lowest BCUT2D eigenvalue weighted by Gasteiger charge is -2.21. The normalized spacial score (nSPS) is 16.0. The molecule has 1 atom stereocenters. The second kappa shape index (κ2) is 8.90. The summed E-state index contributed by atoms with van der Waals surface area (Å²) in [5.41, 5.74) is 3.77. The average molecular weight is 393 g/mol. The van der Waals surface area contributed by atoms with E-state index in [9.17, 15) is 14.4 Å². The molecule has 0 aliphatic carbocycles. The molecule has 1 N–H and O–H groups in total. The minimum Gasteiger partial charge on any atom is -0.338 e. The van der Waals surface area contributed by atoms with Crippen LogP contribution in [0, 0.1) is 19.8 Å². The van der Waals surface area contributed by atoms with E-state index in [2.05, 4.69) is 5.32 Å². The van der Waals surface area contributed by atoms with Crippen molar-refractivity contribution in [1.29, 1.82) is 0 Å². The van der Waals surface area contributed by atoms with Crippen molar-refractivity contribution in [2.24, 2.45) is 5.92 Å². The zero-order chi connectivity index (χ0) is 21.0. The number of likely N-dealkylation sites (N-methyl/N-ethyl adjacent to an activating group) is 1. The van der Waals surface area contributed by atoms with Crippen molar-refractivity contribution >= 4 is 23.4 Å². The molecule has 1 aliphatic rings. The first-order chi connectivity index (χ1) is 13.8. The first-order valence-electron chi connectivity index (χ1n) is 9.78. The van der Waals surface area contributed by atoms with E-state index in [1.54, 1.807) is 11.9 Å². The van der Waals surface area contributed by atoms with Gasteiger partial charge in [-0.3, -0.25) is 14.4 Å². The van der Waals surface area contributed by atoms with E-state index < -0.39 is 5.92 Å². The maximum absolute atomic E-state index is 12.8. The highest BCUT2D eigenvalue weighted by molar-refractivity contribution is 5.97. The second-order valence-electron chi connectivity index (χ2n) is 7.67. The highest BCUT2D eigenvalue weighted by Crippen LogP contribution is 2.22. The predicted octanol–water partition coefficient (Wildman–Crippen LogP) is 2.75. The third-order valence-electron chi connectivity index (χ3n) is 5.28. The highest BCUT2D eigenvalue weighted by Gasteiger charge is 2.36. The summed E-state index contributed by atoms with van der Waals surface area (Å²) < 4.78 is 0. The van der Waals surface area contributed by atoms with Gasteiger partial charge in [-0.15, -0.1) is 0 Å². The van der Waals surface area contributed by atoms with Gasteiger partial charge in [0.15, 0.2) is 0 Å². The fraction of sp³-hybridized carbons (Fsp3) is 0.348. The molecule has 0 unspecified atom stereocenters. The minimum absolute atomic E-state index is 0.0272. The van der Waals surface area contributed by atoms with Crippen molar-refractivity contribution < 1.29 is 14.4 Å². The van der Waals surface area contributed by atoms with Crippen molar-refractivity contribution in [1.82, 2.24) is 9.80 Å². The van der Waals surface area contributed by atoms with E-state index in [1.807, 2.05) is 62.4 Å². The Bertz CT molecular complexity index is 891. The van der Waals surface area contributed by atoms with Gasteiger partial charge < -0.3 is 15.1 Å². The Hall–Kier alpha value is -3.15. The van der Waals surface area contributed by atoms with E-state index >= 15 is 0 Å². The smallest absolute Gasteiger partial charge is 0.243 e. The fourth-order valence-electron chi connectivity index (χ4n) is 3.69. The van der Waals surface area contributed by atoms with Crippen LogP contribution in [0.3, 0.4) is 0 Å². The molecule has 1 aliphatic heterocycles. The number of hydrogen-bond acceptors (Lipinski definition) is 3. The number of carbonyl (C=O) groups excluding carboxylic acids is 3. The minimum atomic E-state index is -0.413. The fourth-order valence-corrected chi connectivity index (χ4v) is 3.69. The van der Waals surface area contributed by atoms with Crippen LogP contribution in [0.4, 0.5) is 5.69 Å². The number of carbonyl (C=O) groups is 3. The van der Waals surface area contributed by atoms with Crippen molar-refractivity contribution in [3.05, 3.63) is 65.2 Å². The summed E-state index contributed by atoms with van der Waals surface area (Å²) in [7, 11) is 1.61. The number of anilines is 1. The Kier molecular flexibility index (Phi) is 6.32. The maximum Gasteiger partial charge on any atom is 0.243 e. The van der Waals surface area contributed by atoms with Crippen LogP contribution in [0.5, 0.6) is 0 Å². The van der Waals surface area contributed by atoms with E-state index in [-0.39, 0.29) is 30.7 Å². The molecule has 3 rings (SSSR count). The molecule has 2 aromatic carbocycles. The second-order valence-corrected chi connectivity index (χ2v) is 7.67. The number of nitrogens with one attached hydrogen (secondary N) is 1. The van der Waals surface area contributed by atoms with Gasteiger partial charge in [0.05, 0.1) is 12.5 Å². The number of rotatable bonds is 6. The summed E-state index contributed by atoms with van der Waals surface area (Å²) in [6.45, 7) is 4.71. The average Bonchev–Trinajstić information content (AvgIpc) is 3.05. The molecule has 2 aromatic rings. The van der Waals surface area contributed by atoms with Crippen molar-refractivity contribution in [2.75, 3.05) is 25.5 Å². The van der Waals surface area contributed by atoms with Crippen molar-refractivity contribution in [2.45, 2.75) is 26.8 Å². The van der Waals surface area contributed by atoms with Gasteiger partial charge in [0.2, 0.25) is 17.7 Å². The summed E-state index contributed by atoms with van der Waals surface area (Å²) in [4.78, 5) is 40.7. The number of likely N-dealkylation sites (tertiary alicyclic amines) is 1. The number of hydrogen-bond donors (Lipinski definition) is 1. The topological polar surface area (TPSA) is 69.7 Å². The van der Waals surface area contributed by atoms with Crippen LogP contribution >= 0.6 is 0 Å². The molecular formula is C23H27N3O3. The van der Waals surface area contributed by atoms with Gasteiger partial charge >= 0.3 is 0 Å². The SMILES string of the molecule is Cc1cccc(C)c1NC(=O)CN(C)C(=O)[C@H]1CC(=O)N(Cc2ccccc2)C1. The summed E-state index contributed by atoms with van der Waals surface area (Å²) in [6, 6.07) is 15.5. The van der Waals surface area contributed by atoms with Crippen molar-refractivity contribution in [3.8, 4) is 0 Å². The van der Waals surface area contributed by atoms with Crippen LogP contribution in [0.1, 0.15) is 23.1 Å². The number of para-hydroxylation sites is 1. The third kappa shape index (κ3) is 5.02. The van der Waals surface area contributed by atoms with Crippen LogP contribution in [-0.2, 0) is 20.9 Å². The van der Waals surface area contributed by atoms with Gasteiger partial charge in [0.1, 0.15) is 0 Å². The molecule has 1 fully saturated rings. The highest BCUT2D eigenvalue weighted by atomic mass is 16.2. The molecule has 6 nitrogen and oxygen atoms in total. The number of nitrogens with zero attached hydrogens (tertiary/aromatic N) is 2. The lowest BCUT2D eigenvalue weighted by molar-refractivity contribution is -0.137. The molecule has 0 radical (unpaired) electrons. The van der Waals surface area contributed by atoms with Crippen LogP contribution in [0.15, 0.2) is 48.5 Å². The standard InChI is InChI=1S/C23H27N3O3/c1-16-8-7-9-17(2)22(16)24-20(27)15-25(3)23(29)19-12-21(28)26(14-19)13-18-10-5-4-6-11-18/h4-11,19H,12-15H2,1-3H3,(H,24,27)/t19-/m0/s1. The van der Waals surface area contributed by atoms with Crippen molar-refractivity contribution in [3.63, 3.8) is 0 Å². The van der Waals surface area contributed by atoms with Gasteiger partial charge in [-0.05, 0) is 30.5 Å². The zero-order valence-electron chi connectivity index (χ0n) is 17.1. The number of aryl methyl sites for hydroxylation is 2. The summed E-state index contributed by atoms with van der Waals surface area (Å²) in [6.07, 6.45) is 0.189. The Morgan fingerprint density at radius 1 is 1.07 bits per heavy atom. The lowest BCUT2D eigenvalue weighted by atomic mass is 10.1. The molecule has 0 bridgehead atoms. The quantitative estimate of drug-likeness (QED) is 0.820. The van der Waals surface area contributed by atoms with Gasteiger partial charge in [-0.25, -0.2) is 0 Å². The van der Waals surface area contributed by atoms with E-state index in [1.165, 1.54) is 4.90 Å². The number of amides is 3. The summed E-state index contributed by atoms with van der Waals surface area (Å²) >= 11 is 0. The molecule has 6 heteroatoms.